The topological polar surface area (TPSA) is 90.5 Å². The van der Waals surface area contributed by atoms with Crippen LogP contribution >= 0.6 is 0 Å². The fourth-order valence-corrected chi connectivity index (χ4v) is 3.96. The van der Waals surface area contributed by atoms with Gasteiger partial charge in [-0.15, -0.1) is 0 Å². The van der Waals surface area contributed by atoms with Crippen molar-refractivity contribution in [3.8, 4) is 0 Å². The van der Waals surface area contributed by atoms with Gasteiger partial charge >= 0.3 is 0 Å². The predicted molar refractivity (Wildman–Crippen MR) is 121 cm³/mol. The van der Waals surface area contributed by atoms with Gasteiger partial charge in [0.2, 0.25) is 18.2 Å². The second-order valence-electron chi connectivity index (χ2n) is 8.80. The number of nitrogens with zero attached hydrogens (tertiary/aromatic N) is 1. The van der Waals surface area contributed by atoms with Crippen molar-refractivity contribution in [1.82, 2.24) is 20.9 Å². The minimum Gasteiger partial charge on any atom is -0.359 e. The van der Waals surface area contributed by atoms with Crippen LogP contribution in [0.25, 0.3) is 0 Å². The van der Waals surface area contributed by atoms with Crippen LogP contribution in [0.15, 0.2) is 0 Å². The molecule has 0 radical (unpaired) electrons. The highest BCUT2D eigenvalue weighted by atomic mass is 16.2. The summed E-state index contributed by atoms with van der Waals surface area (Å²) < 4.78 is 0. The van der Waals surface area contributed by atoms with Crippen LogP contribution in [0.1, 0.15) is 90.9 Å². The van der Waals surface area contributed by atoms with Gasteiger partial charge in [-0.1, -0.05) is 45.4 Å². The zero-order valence-corrected chi connectivity index (χ0v) is 19.3. The average molecular weight is 425 g/mol. The molecule has 1 rings (SSSR count). The Morgan fingerprint density at radius 3 is 2.47 bits per heavy atom. The summed E-state index contributed by atoms with van der Waals surface area (Å²) >= 11 is 0. The molecule has 1 aliphatic rings. The molecule has 174 valence electrons. The number of hydrogen-bond acceptors (Lipinski definition) is 4. The predicted octanol–water partition coefficient (Wildman–Crippen LogP) is 2.74. The first-order chi connectivity index (χ1) is 14.5. The quantitative estimate of drug-likeness (QED) is 0.220. The smallest absolute Gasteiger partial charge is 0.222 e. The third-order valence-electron chi connectivity index (χ3n) is 5.85. The van der Waals surface area contributed by atoms with Gasteiger partial charge in [0, 0.05) is 44.6 Å². The molecule has 0 aliphatic carbocycles. The van der Waals surface area contributed by atoms with Crippen molar-refractivity contribution < 1.29 is 14.4 Å². The van der Waals surface area contributed by atoms with E-state index in [1.807, 2.05) is 4.90 Å². The SMILES string of the molecule is CCCCCCCCCC(=O)NCCC(C)(CN1CCCC1=O)NCCCNC=O. The lowest BCUT2D eigenvalue weighted by atomic mass is 9.96. The van der Waals surface area contributed by atoms with E-state index in [0.717, 1.165) is 45.2 Å². The fourth-order valence-electron chi connectivity index (χ4n) is 3.96. The summed E-state index contributed by atoms with van der Waals surface area (Å²) in [4.78, 5) is 36.5. The second kappa shape index (κ2) is 16.1. The van der Waals surface area contributed by atoms with Gasteiger partial charge in [0.15, 0.2) is 0 Å². The van der Waals surface area contributed by atoms with Crippen molar-refractivity contribution in [2.24, 2.45) is 0 Å². The molecular weight excluding hydrogens is 380 g/mol. The number of carbonyl (C=O) groups is 3. The Kier molecular flexibility index (Phi) is 14.2. The largest absolute Gasteiger partial charge is 0.359 e. The molecule has 1 aliphatic heterocycles. The molecule has 1 atom stereocenters. The molecule has 0 aromatic heterocycles. The Morgan fingerprint density at radius 1 is 1.07 bits per heavy atom. The molecule has 0 bridgehead atoms. The highest BCUT2D eigenvalue weighted by Gasteiger charge is 2.30. The van der Waals surface area contributed by atoms with Gasteiger partial charge in [-0.3, -0.25) is 14.4 Å². The standard InChI is InChI=1S/C23H44N4O3/c1-3-4-5-6-7-8-9-12-21(29)25-17-14-23(2,26-16-11-15-24-20-28)19-27-18-10-13-22(27)30/h20,26H,3-19H2,1-2H3,(H,24,28)(H,25,29). The Hall–Kier alpha value is -1.63. The van der Waals surface area contributed by atoms with Gasteiger partial charge in [-0.25, -0.2) is 0 Å². The number of likely N-dealkylation sites (tertiary alicyclic amines) is 1. The lowest BCUT2D eigenvalue weighted by molar-refractivity contribution is -0.128. The first-order valence-electron chi connectivity index (χ1n) is 12.0. The first kappa shape index (κ1) is 26.4. The van der Waals surface area contributed by atoms with Crippen LogP contribution in [0.5, 0.6) is 0 Å². The summed E-state index contributed by atoms with van der Waals surface area (Å²) in [5.74, 6) is 0.340. The van der Waals surface area contributed by atoms with Crippen molar-refractivity contribution in [2.45, 2.75) is 96.4 Å². The van der Waals surface area contributed by atoms with E-state index in [2.05, 4.69) is 29.8 Å². The lowest BCUT2D eigenvalue weighted by Crippen LogP contribution is -2.53. The number of hydrogen-bond donors (Lipinski definition) is 3. The Balaban J connectivity index is 2.30. The molecule has 0 saturated carbocycles. The van der Waals surface area contributed by atoms with E-state index in [0.29, 0.717) is 38.9 Å². The van der Waals surface area contributed by atoms with Crippen molar-refractivity contribution >= 4 is 18.2 Å². The van der Waals surface area contributed by atoms with E-state index >= 15 is 0 Å². The molecule has 1 fully saturated rings. The van der Waals surface area contributed by atoms with Crippen LogP contribution in [0.2, 0.25) is 0 Å². The van der Waals surface area contributed by atoms with Crippen LogP contribution in [0.4, 0.5) is 0 Å². The van der Waals surface area contributed by atoms with Crippen molar-refractivity contribution in [1.29, 1.82) is 0 Å². The third kappa shape index (κ3) is 12.2. The summed E-state index contributed by atoms with van der Waals surface area (Å²) in [5.41, 5.74) is -0.256. The monoisotopic (exact) mass is 424 g/mol. The Labute approximate surface area is 183 Å². The summed E-state index contributed by atoms with van der Waals surface area (Å²) in [6.45, 7) is 7.80. The number of carbonyl (C=O) groups excluding carboxylic acids is 3. The van der Waals surface area contributed by atoms with Gasteiger partial charge < -0.3 is 20.9 Å². The molecule has 0 aromatic rings. The highest BCUT2D eigenvalue weighted by Crippen LogP contribution is 2.17. The summed E-state index contributed by atoms with van der Waals surface area (Å²) in [6, 6.07) is 0. The summed E-state index contributed by atoms with van der Waals surface area (Å²) in [5, 5.41) is 9.28. The molecule has 0 spiro atoms. The third-order valence-corrected chi connectivity index (χ3v) is 5.85. The van der Waals surface area contributed by atoms with E-state index < -0.39 is 0 Å². The van der Waals surface area contributed by atoms with Gasteiger partial charge in [0.25, 0.3) is 0 Å². The number of rotatable bonds is 19. The Bertz CT molecular complexity index is 501. The first-order valence-corrected chi connectivity index (χ1v) is 12.0. The molecule has 7 nitrogen and oxygen atoms in total. The Morgan fingerprint density at radius 2 is 1.80 bits per heavy atom. The normalized spacial score (nSPS) is 15.8. The van der Waals surface area contributed by atoms with Gasteiger partial charge in [0.1, 0.15) is 0 Å². The number of amides is 3. The zero-order chi connectivity index (χ0) is 22.1. The molecule has 3 N–H and O–H groups in total. The van der Waals surface area contributed by atoms with Gasteiger partial charge in [0.05, 0.1) is 0 Å². The maximum Gasteiger partial charge on any atom is 0.222 e. The zero-order valence-electron chi connectivity index (χ0n) is 19.3. The molecule has 1 saturated heterocycles. The van der Waals surface area contributed by atoms with Crippen molar-refractivity contribution in [2.75, 3.05) is 32.7 Å². The number of nitrogens with one attached hydrogen (secondary N) is 3. The van der Waals surface area contributed by atoms with E-state index in [4.69, 9.17) is 0 Å². The van der Waals surface area contributed by atoms with Crippen LogP contribution in [-0.2, 0) is 14.4 Å². The molecule has 1 unspecified atom stereocenters. The van der Waals surface area contributed by atoms with E-state index in [1.165, 1.54) is 32.1 Å². The average Bonchev–Trinajstić information content (AvgIpc) is 3.11. The molecule has 0 aromatic carbocycles. The van der Waals surface area contributed by atoms with Crippen molar-refractivity contribution in [3.63, 3.8) is 0 Å². The van der Waals surface area contributed by atoms with Crippen LogP contribution in [0, 0.1) is 0 Å². The van der Waals surface area contributed by atoms with E-state index in [-0.39, 0.29) is 17.4 Å². The van der Waals surface area contributed by atoms with Crippen LogP contribution < -0.4 is 16.0 Å². The minimum atomic E-state index is -0.256. The van der Waals surface area contributed by atoms with Crippen LogP contribution in [0.3, 0.4) is 0 Å². The molecular formula is C23H44N4O3. The molecule has 3 amide bonds. The molecule has 30 heavy (non-hydrogen) atoms. The fraction of sp³-hybridized carbons (Fsp3) is 0.870. The summed E-state index contributed by atoms with van der Waals surface area (Å²) in [6.07, 6.45) is 12.9. The van der Waals surface area contributed by atoms with E-state index in [1.54, 1.807) is 0 Å². The minimum absolute atomic E-state index is 0.123. The van der Waals surface area contributed by atoms with Gasteiger partial charge in [-0.05, 0) is 39.2 Å². The molecule has 7 heteroatoms. The lowest BCUT2D eigenvalue weighted by Gasteiger charge is -2.35. The maximum atomic E-state index is 12.2. The summed E-state index contributed by atoms with van der Waals surface area (Å²) in [7, 11) is 0. The second-order valence-corrected chi connectivity index (χ2v) is 8.80. The number of unbranched alkanes of at least 4 members (excludes halogenated alkanes) is 6. The highest BCUT2D eigenvalue weighted by molar-refractivity contribution is 5.78. The molecule has 1 heterocycles. The van der Waals surface area contributed by atoms with Crippen molar-refractivity contribution in [3.05, 3.63) is 0 Å². The van der Waals surface area contributed by atoms with Crippen LogP contribution in [-0.4, -0.2) is 61.4 Å². The van der Waals surface area contributed by atoms with E-state index in [9.17, 15) is 14.4 Å². The maximum absolute atomic E-state index is 12.2. The van der Waals surface area contributed by atoms with Gasteiger partial charge in [-0.2, -0.15) is 0 Å².